The molecule has 0 unspecified atom stereocenters. The number of hydrogen-bond acceptors (Lipinski definition) is 12. The number of nitrogens with two attached hydrogens (primary N) is 1. The lowest BCUT2D eigenvalue weighted by atomic mass is 9.98. The second-order valence-corrected chi connectivity index (χ2v) is 11.6. The Morgan fingerprint density at radius 2 is 1.90 bits per heavy atom. The molecule has 0 saturated carbocycles. The number of hydrogen-bond donors (Lipinski definition) is 2. The second kappa shape index (κ2) is 11.8. The Morgan fingerprint density at radius 1 is 1.18 bits per heavy atom. The molecule has 0 aliphatic carbocycles. The predicted octanol–water partition coefficient (Wildman–Crippen LogP) is 2.11. The number of aryl methyl sites for hydroxylation is 1. The first kappa shape index (κ1) is 28.6. The summed E-state index contributed by atoms with van der Waals surface area (Å²) in [6, 6.07) is 7.65. The van der Waals surface area contributed by atoms with E-state index in [1.807, 2.05) is 0 Å². The third-order valence-corrected chi connectivity index (χ3v) is 9.16. The van der Waals surface area contributed by atoms with Crippen LogP contribution in [0.3, 0.4) is 0 Å². The number of carbonyl (C=O) groups is 1. The lowest BCUT2D eigenvalue weighted by Crippen LogP contribution is -2.41. The molecule has 1 aliphatic heterocycles. The Balaban J connectivity index is 1.58. The summed E-state index contributed by atoms with van der Waals surface area (Å²) in [6.07, 6.45) is 3.18. The minimum atomic E-state index is -4.21. The molecule has 40 heavy (non-hydrogen) atoms. The van der Waals surface area contributed by atoms with E-state index in [0.717, 1.165) is 28.2 Å². The SMILES string of the molecule is Cn1cnnc1Sc1ccc(/C=N\Nc2ccc([N+](=O)[O-])cc2S(=O)(=O)N2CCC(C(N)=O)CC2)cc1[N+](=O)[O-]. The van der Waals surface area contributed by atoms with Crippen LogP contribution >= 0.6 is 11.8 Å². The molecule has 0 bridgehead atoms. The number of nitro groups is 2. The van der Waals surface area contributed by atoms with Crippen LogP contribution in [-0.4, -0.2) is 62.5 Å². The van der Waals surface area contributed by atoms with Crippen molar-refractivity contribution in [3.05, 3.63) is 68.5 Å². The van der Waals surface area contributed by atoms with Crippen molar-refractivity contribution < 1.29 is 23.1 Å². The molecule has 0 spiro atoms. The van der Waals surface area contributed by atoms with Crippen molar-refractivity contribution in [2.45, 2.75) is 27.8 Å². The van der Waals surface area contributed by atoms with E-state index in [4.69, 9.17) is 5.73 Å². The quantitative estimate of drug-likeness (QED) is 0.198. The smallest absolute Gasteiger partial charge is 0.283 e. The first-order chi connectivity index (χ1) is 19.0. The summed E-state index contributed by atoms with van der Waals surface area (Å²) in [7, 11) is -2.50. The van der Waals surface area contributed by atoms with Crippen LogP contribution in [0, 0.1) is 26.1 Å². The molecule has 16 nitrogen and oxygen atoms in total. The molecule has 18 heteroatoms. The van der Waals surface area contributed by atoms with E-state index in [1.54, 1.807) is 17.7 Å². The Hall–Kier alpha value is -4.42. The Bertz CT molecular complexity index is 1600. The summed E-state index contributed by atoms with van der Waals surface area (Å²) in [6.45, 7) is 0.0351. The van der Waals surface area contributed by atoms with Gasteiger partial charge >= 0.3 is 0 Å². The average Bonchev–Trinajstić information content (AvgIpc) is 3.33. The summed E-state index contributed by atoms with van der Waals surface area (Å²) in [5.74, 6) is -0.961. The summed E-state index contributed by atoms with van der Waals surface area (Å²) < 4.78 is 29.6. The average molecular weight is 590 g/mol. The number of rotatable bonds is 10. The predicted molar refractivity (Wildman–Crippen MR) is 143 cm³/mol. The van der Waals surface area contributed by atoms with E-state index in [2.05, 4.69) is 20.7 Å². The number of aromatic nitrogens is 3. The third kappa shape index (κ3) is 6.24. The molecule has 0 atom stereocenters. The van der Waals surface area contributed by atoms with Gasteiger partial charge in [0.05, 0.1) is 26.6 Å². The highest BCUT2D eigenvalue weighted by atomic mass is 32.2. The van der Waals surface area contributed by atoms with Gasteiger partial charge in [0.15, 0.2) is 5.16 Å². The van der Waals surface area contributed by atoms with Gasteiger partial charge in [-0.25, -0.2) is 8.42 Å². The fraction of sp³-hybridized carbons (Fsp3) is 0.273. The summed E-state index contributed by atoms with van der Waals surface area (Å²) in [5.41, 5.74) is 7.57. The fourth-order valence-electron chi connectivity index (χ4n) is 3.93. The molecule has 1 aliphatic rings. The number of non-ortho nitro benzene ring substituents is 1. The van der Waals surface area contributed by atoms with Crippen molar-refractivity contribution >= 4 is 51.0 Å². The zero-order valence-electron chi connectivity index (χ0n) is 20.9. The largest absolute Gasteiger partial charge is 0.369 e. The molecule has 3 N–H and O–H groups in total. The van der Waals surface area contributed by atoms with Crippen LogP contribution in [0.1, 0.15) is 18.4 Å². The highest BCUT2D eigenvalue weighted by Crippen LogP contribution is 2.34. The first-order valence-corrected chi connectivity index (χ1v) is 13.9. The molecule has 3 aromatic rings. The second-order valence-electron chi connectivity index (χ2n) is 8.70. The van der Waals surface area contributed by atoms with E-state index in [-0.39, 0.29) is 42.2 Å². The number of sulfonamides is 1. The minimum Gasteiger partial charge on any atom is -0.369 e. The molecule has 2 heterocycles. The van der Waals surface area contributed by atoms with Crippen LogP contribution in [0.15, 0.2) is 62.8 Å². The van der Waals surface area contributed by atoms with Crippen LogP contribution in [-0.2, 0) is 21.9 Å². The monoisotopic (exact) mass is 589 g/mol. The third-order valence-electron chi connectivity index (χ3n) is 6.10. The van der Waals surface area contributed by atoms with E-state index in [0.29, 0.717) is 15.6 Å². The normalized spacial score (nSPS) is 14.8. The first-order valence-electron chi connectivity index (χ1n) is 11.6. The standard InChI is InChI=1S/C22H23N9O7S2/c1-28-13-25-27-22(28)39-19-5-2-14(10-18(19)31(35)36)12-24-26-17-4-3-16(30(33)34)11-20(17)40(37,38)29-8-6-15(7-9-29)21(23)32/h2-5,10-13,15,26H,6-9H2,1H3,(H2,23,32)/b24-12-. The maximum atomic E-state index is 13.4. The molecular weight excluding hydrogens is 566 g/mol. The number of benzene rings is 2. The van der Waals surface area contributed by atoms with Gasteiger partial charge in [-0.2, -0.15) is 9.41 Å². The van der Waals surface area contributed by atoms with Crippen molar-refractivity contribution in [3.63, 3.8) is 0 Å². The van der Waals surface area contributed by atoms with E-state index < -0.39 is 37.4 Å². The Labute approximate surface area is 231 Å². The number of hydrazone groups is 1. The zero-order valence-corrected chi connectivity index (χ0v) is 22.5. The van der Waals surface area contributed by atoms with Crippen molar-refractivity contribution in [3.8, 4) is 0 Å². The van der Waals surface area contributed by atoms with Gasteiger partial charge in [-0.15, -0.1) is 10.2 Å². The zero-order chi connectivity index (χ0) is 29.0. The van der Waals surface area contributed by atoms with Crippen LogP contribution < -0.4 is 11.2 Å². The van der Waals surface area contributed by atoms with Gasteiger partial charge in [0.25, 0.3) is 11.4 Å². The fourth-order valence-corrected chi connectivity index (χ4v) is 6.41. The van der Waals surface area contributed by atoms with Crippen molar-refractivity contribution in [2.75, 3.05) is 18.5 Å². The Morgan fingerprint density at radius 3 is 2.50 bits per heavy atom. The van der Waals surface area contributed by atoms with E-state index in [1.165, 1.54) is 30.7 Å². The molecule has 1 amide bonds. The van der Waals surface area contributed by atoms with Gasteiger partial charge in [-0.1, -0.05) is 6.07 Å². The van der Waals surface area contributed by atoms with Gasteiger partial charge in [0.1, 0.15) is 11.2 Å². The van der Waals surface area contributed by atoms with Crippen molar-refractivity contribution in [1.82, 2.24) is 19.1 Å². The maximum absolute atomic E-state index is 13.4. The molecule has 4 rings (SSSR count). The summed E-state index contributed by atoms with van der Waals surface area (Å²) in [5, 5.41) is 35.1. The molecule has 210 valence electrons. The topological polar surface area (TPSA) is 222 Å². The number of nitro benzene ring substituents is 2. The number of anilines is 1. The summed E-state index contributed by atoms with van der Waals surface area (Å²) >= 11 is 1.06. The molecule has 1 saturated heterocycles. The molecule has 2 aromatic carbocycles. The lowest BCUT2D eigenvalue weighted by molar-refractivity contribution is -0.387. The van der Waals surface area contributed by atoms with Gasteiger partial charge in [-0.05, 0) is 36.7 Å². The maximum Gasteiger partial charge on any atom is 0.283 e. The number of amides is 1. The molecular formula is C22H23N9O7S2. The van der Waals surface area contributed by atoms with Crippen LogP contribution in [0.25, 0.3) is 0 Å². The van der Waals surface area contributed by atoms with E-state index >= 15 is 0 Å². The van der Waals surface area contributed by atoms with Crippen molar-refractivity contribution in [1.29, 1.82) is 0 Å². The highest BCUT2D eigenvalue weighted by Gasteiger charge is 2.33. The molecule has 1 aromatic heterocycles. The molecule has 0 radical (unpaired) electrons. The number of nitrogens with one attached hydrogen (secondary N) is 1. The van der Waals surface area contributed by atoms with E-state index in [9.17, 15) is 33.4 Å². The van der Waals surface area contributed by atoms with Gasteiger partial charge in [-0.3, -0.25) is 30.4 Å². The minimum absolute atomic E-state index is 0.0176. The van der Waals surface area contributed by atoms with Gasteiger partial charge in [0, 0.05) is 49.8 Å². The summed E-state index contributed by atoms with van der Waals surface area (Å²) in [4.78, 5) is 33.2. The van der Waals surface area contributed by atoms with Crippen LogP contribution in [0.5, 0.6) is 0 Å². The lowest BCUT2D eigenvalue weighted by Gasteiger charge is -2.30. The molecule has 1 fully saturated rings. The van der Waals surface area contributed by atoms with Gasteiger partial charge in [0.2, 0.25) is 15.9 Å². The van der Waals surface area contributed by atoms with Crippen LogP contribution in [0.4, 0.5) is 17.1 Å². The Kier molecular flexibility index (Phi) is 8.40. The van der Waals surface area contributed by atoms with Crippen molar-refractivity contribution in [2.24, 2.45) is 23.8 Å². The van der Waals surface area contributed by atoms with Crippen LogP contribution in [0.2, 0.25) is 0 Å². The number of piperidine rings is 1. The highest BCUT2D eigenvalue weighted by molar-refractivity contribution is 7.99. The number of nitrogens with zero attached hydrogens (tertiary/aromatic N) is 7. The number of carbonyl (C=O) groups excluding carboxylic acids is 1. The van der Waals surface area contributed by atoms with Gasteiger partial charge < -0.3 is 10.3 Å². The number of primary amides is 1.